The average Bonchev–Trinajstić information content (AvgIpc) is 3.32. The molecular weight excluding hydrogens is 663 g/mol. The maximum absolute atomic E-state index is 9.60. The third-order valence-corrected chi connectivity index (χ3v) is 10.2. The van der Waals surface area contributed by atoms with Crippen LogP contribution >= 0.6 is 0 Å². The normalized spacial score (nSPS) is 13.3. The molecule has 10 rings (SSSR count). The van der Waals surface area contributed by atoms with Gasteiger partial charge in [-0.1, -0.05) is 176 Å². The van der Waals surface area contributed by atoms with E-state index in [-0.39, 0.29) is 46.7 Å². The van der Waals surface area contributed by atoms with E-state index < -0.39 is 24.2 Å². The minimum atomic E-state index is -0.392. The van der Waals surface area contributed by atoms with Gasteiger partial charge in [-0.15, -0.1) is 0 Å². The summed E-state index contributed by atoms with van der Waals surface area (Å²) in [5.41, 5.74) is 4.76. The highest BCUT2D eigenvalue weighted by atomic mass is 15.1. The lowest BCUT2D eigenvalue weighted by molar-refractivity contribution is 1.28. The van der Waals surface area contributed by atoms with E-state index in [2.05, 4.69) is 6.07 Å². The van der Waals surface area contributed by atoms with E-state index in [0.717, 1.165) is 54.6 Å². The lowest BCUT2D eigenvalue weighted by Gasteiger charge is -2.26. The van der Waals surface area contributed by atoms with Crippen molar-refractivity contribution in [1.82, 2.24) is 0 Å². The van der Waals surface area contributed by atoms with Crippen LogP contribution in [0.25, 0.3) is 76.8 Å². The van der Waals surface area contributed by atoms with Gasteiger partial charge in [-0.05, 0) is 125 Å². The van der Waals surface area contributed by atoms with E-state index in [9.17, 15) is 11.0 Å². The molecule has 0 aliphatic carbocycles. The van der Waals surface area contributed by atoms with Crippen LogP contribution in [0.1, 0.15) is 11.0 Å². The van der Waals surface area contributed by atoms with E-state index in [1.165, 1.54) is 4.90 Å². The van der Waals surface area contributed by atoms with Gasteiger partial charge < -0.3 is 4.90 Å². The van der Waals surface area contributed by atoms with Gasteiger partial charge in [0.2, 0.25) is 0 Å². The fourth-order valence-electron chi connectivity index (χ4n) is 7.32. The van der Waals surface area contributed by atoms with Gasteiger partial charge >= 0.3 is 0 Å². The summed E-state index contributed by atoms with van der Waals surface area (Å²) in [6.45, 7) is 0. The van der Waals surface area contributed by atoms with Crippen LogP contribution in [0, 0.1) is 0 Å². The first-order valence-electron chi connectivity index (χ1n) is 22.3. The van der Waals surface area contributed by atoms with Crippen LogP contribution < -0.4 is 4.90 Å². The zero-order valence-corrected chi connectivity index (χ0v) is 29.7. The largest absolute Gasteiger partial charge is 0.310 e. The first kappa shape index (κ1) is 24.9. The summed E-state index contributed by atoms with van der Waals surface area (Å²) >= 11 is 0. The number of hydrogen-bond donors (Lipinski definition) is 0. The summed E-state index contributed by atoms with van der Waals surface area (Å²) in [6, 6.07) is 53.5. The van der Waals surface area contributed by atoms with Gasteiger partial charge in [0.25, 0.3) is 0 Å². The topological polar surface area (TPSA) is 3.24 Å². The summed E-state index contributed by atoms with van der Waals surface area (Å²) < 4.78 is 75.9. The Kier molecular flexibility index (Phi) is 6.33. The van der Waals surface area contributed by atoms with Crippen molar-refractivity contribution in [2.24, 2.45) is 0 Å². The van der Waals surface area contributed by atoms with E-state index in [0.29, 0.717) is 16.8 Å². The van der Waals surface area contributed by atoms with E-state index in [1.807, 2.05) is 146 Å². The first-order valence-corrected chi connectivity index (χ1v) is 18.3. The minimum absolute atomic E-state index is 0.109. The highest BCUT2D eigenvalue weighted by Crippen LogP contribution is 2.39. The third-order valence-electron chi connectivity index (χ3n) is 10.2. The molecule has 0 radical (unpaired) electrons. The maximum Gasteiger partial charge on any atom is 0.0645 e. The predicted octanol–water partition coefficient (Wildman–Crippen LogP) is 15.3. The van der Waals surface area contributed by atoms with Crippen molar-refractivity contribution in [3.05, 3.63) is 224 Å². The Bertz CT molecular complexity index is 3380. The fourth-order valence-corrected chi connectivity index (χ4v) is 7.32. The molecule has 1 nitrogen and oxygen atoms in total. The molecule has 0 aliphatic heterocycles. The number of hydrogen-bond acceptors (Lipinski definition) is 1. The molecule has 0 aromatic heterocycles. The highest BCUT2D eigenvalue weighted by Gasteiger charge is 2.15. The SMILES string of the molecule is [2H]c1c([2H])c(N(c2cccc(-c3ccc4ccccc4c3)c2)c2c([2H])c([2H])c(-c3ccc4c(ccc5ccccc54)c3)c([2H])c2[2H])c([2H])c([2H])c1-c1ccc(-c2ccccc2)cc1. The van der Waals surface area contributed by atoms with Gasteiger partial charge in [0.15, 0.2) is 0 Å². The van der Waals surface area contributed by atoms with Crippen LogP contribution in [0.5, 0.6) is 0 Å². The molecule has 0 atom stereocenters. The Morgan fingerprint density at radius 3 is 1.45 bits per heavy atom. The Balaban J connectivity index is 1.17. The highest BCUT2D eigenvalue weighted by molar-refractivity contribution is 6.08. The number of fused-ring (bicyclic) bond motifs is 4. The lowest BCUT2D eigenvalue weighted by Crippen LogP contribution is -2.10. The molecule has 0 unspecified atom stereocenters. The standard InChI is InChI=1S/C54H37N/c1-2-9-38(10-3-1)40-17-19-41(20-18-40)42-25-30-50(31-26-42)55(52-15-8-14-46(37-52)48-23-21-39-11-4-5-13-45(39)35-48)51-32-27-43(28-33-51)47-29-34-54-49(36-47)24-22-44-12-6-7-16-53(44)54/h1-37H/i25D,26D,27D,28D,30D,31D,32D,33D. The molecule has 258 valence electrons. The second kappa shape index (κ2) is 14.0. The van der Waals surface area contributed by atoms with Crippen molar-refractivity contribution in [2.75, 3.05) is 4.90 Å². The summed E-state index contributed by atoms with van der Waals surface area (Å²) in [5.74, 6) is 0. The van der Waals surface area contributed by atoms with Gasteiger partial charge in [0, 0.05) is 17.1 Å². The third kappa shape index (κ3) is 6.33. The molecule has 0 amide bonds. The van der Waals surface area contributed by atoms with Crippen LogP contribution in [-0.4, -0.2) is 0 Å². The minimum Gasteiger partial charge on any atom is -0.310 e. The first-order chi connectivity index (χ1) is 30.6. The predicted molar refractivity (Wildman–Crippen MR) is 235 cm³/mol. The zero-order chi connectivity index (χ0) is 43.5. The molecule has 0 N–H and O–H groups in total. The van der Waals surface area contributed by atoms with Crippen molar-refractivity contribution in [1.29, 1.82) is 0 Å². The van der Waals surface area contributed by atoms with E-state index in [1.54, 1.807) is 24.3 Å². The molecule has 10 aromatic rings. The molecule has 0 saturated heterocycles. The number of anilines is 3. The fraction of sp³-hybridized carbons (Fsp3) is 0. The van der Waals surface area contributed by atoms with Crippen LogP contribution in [0.15, 0.2) is 224 Å². The Morgan fingerprint density at radius 1 is 0.255 bits per heavy atom. The van der Waals surface area contributed by atoms with Crippen LogP contribution in [0.2, 0.25) is 0 Å². The molecule has 0 heterocycles. The van der Waals surface area contributed by atoms with Crippen molar-refractivity contribution in [3.63, 3.8) is 0 Å². The molecule has 55 heavy (non-hydrogen) atoms. The molecule has 0 fully saturated rings. The zero-order valence-electron chi connectivity index (χ0n) is 37.7. The van der Waals surface area contributed by atoms with Crippen LogP contribution in [0.4, 0.5) is 17.1 Å². The summed E-state index contributed by atoms with van der Waals surface area (Å²) in [6.07, 6.45) is 0. The second-order valence-corrected chi connectivity index (χ2v) is 13.6. The van der Waals surface area contributed by atoms with Gasteiger partial charge in [-0.3, -0.25) is 0 Å². The summed E-state index contributed by atoms with van der Waals surface area (Å²) in [4.78, 5) is 1.37. The van der Waals surface area contributed by atoms with Gasteiger partial charge in [0.05, 0.1) is 11.0 Å². The number of benzene rings is 10. The van der Waals surface area contributed by atoms with Crippen LogP contribution in [0.3, 0.4) is 0 Å². The molecular formula is C54H37N. The van der Waals surface area contributed by atoms with Gasteiger partial charge in [-0.2, -0.15) is 0 Å². The van der Waals surface area contributed by atoms with Crippen molar-refractivity contribution in [3.8, 4) is 44.5 Å². The number of rotatable bonds is 7. The Morgan fingerprint density at radius 2 is 0.709 bits per heavy atom. The smallest absolute Gasteiger partial charge is 0.0645 e. The monoisotopic (exact) mass is 707 g/mol. The van der Waals surface area contributed by atoms with E-state index in [4.69, 9.17) is 0 Å². The second-order valence-electron chi connectivity index (χ2n) is 13.6. The molecule has 0 bridgehead atoms. The molecule has 10 aromatic carbocycles. The van der Waals surface area contributed by atoms with Crippen LogP contribution in [-0.2, 0) is 0 Å². The van der Waals surface area contributed by atoms with E-state index >= 15 is 0 Å². The van der Waals surface area contributed by atoms with Crippen molar-refractivity contribution >= 4 is 49.4 Å². The average molecular weight is 708 g/mol. The summed E-state index contributed by atoms with van der Waals surface area (Å²) in [7, 11) is 0. The van der Waals surface area contributed by atoms with Gasteiger partial charge in [0.1, 0.15) is 0 Å². The molecule has 1 heteroatoms. The quantitative estimate of drug-likeness (QED) is 0.149. The molecule has 0 aliphatic rings. The maximum atomic E-state index is 9.60. The van der Waals surface area contributed by atoms with Crippen molar-refractivity contribution in [2.45, 2.75) is 0 Å². The Labute approximate surface area is 333 Å². The Hall–Kier alpha value is -7.22. The number of nitrogens with zero attached hydrogens (tertiary/aromatic N) is 1. The summed E-state index contributed by atoms with van der Waals surface area (Å²) in [5, 5.41) is 6.13. The molecule has 0 spiro atoms. The van der Waals surface area contributed by atoms with Crippen molar-refractivity contribution < 1.29 is 11.0 Å². The molecule has 0 saturated carbocycles. The van der Waals surface area contributed by atoms with Gasteiger partial charge in [-0.25, -0.2) is 0 Å². The lowest BCUT2D eigenvalue weighted by atomic mass is 9.97.